The molecule has 0 amide bonds. The monoisotopic (exact) mass is 273 g/mol. The summed E-state index contributed by atoms with van der Waals surface area (Å²) in [5, 5.41) is 9.68. The molecule has 0 aromatic heterocycles. The molecule has 4 nitrogen and oxygen atoms in total. The third-order valence-electron chi connectivity index (χ3n) is 4.17. The number of benzene rings is 1. The van der Waals surface area contributed by atoms with Crippen molar-refractivity contribution in [1.82, 2.24) is 9.80 Å². The Labute approximate surface area is 121 Å². The summed E-state index contributed by atoms with van der Waals surface area (Å²) < 4.78 is 5.40. The Morgan fingerprint density at radius 2 is 1.90 bits per heavy atom. The first kappa shape index (κ1) is 14.8. The van der Waals surface area contributed by atoms with Crippen molar-refractivity contribution in [3.05, 3.63) is 29.8 Å². The normalized spacial score (nSPS) is 20.1. The molecule has 4 heteroatoms. The molecule has 1 aromatic carbocycles. The molecular weight excluding hydrogens is 250 g/mol. The molecule has 1 aliphatic rings. The SMILES string of the molecule is COc1ccccc1CC(C)(C#N)N1CCN(C)CC1. The van der Waals surface area contributed by atoms with Crippen LogP contribution in [-0.2, 0) is 6.42 Å². The van der Waals surface area contributed by atoms with E-state index in [4.69, 9.17) is 4.74 Å². The van der Waals surface area contributed by atoms with Crippen molar-refractivity contribution in [3.8, 4) is 11.8 Å². The van der Waals surface area contributed by atoms with Crippen LogP contribution < -0.4 is 4.74 Å². The van der Waals surface area contributed by atoms with E-state index in [9.17, 15) is 5.26 Å². The van der Waals surface area contributed by atoms with Crippen molar-refractivity contribution in [2.75, 3.05) is 40.3 Å². The number of para-hydroxylation sites is 1. The second-order valence-electron chi connectivity index (χ2n) is 5.66. The van der Waals surface area contributed by atoms with Gasteiger partial charge in [-0.05, 0) is 25.6 Å². The van der Waals surface area contributed by atoms with Crippen LogP contribution >= 0.6 is 0 Å². The van der Waals surface area contributed by atoms with Crippen LogP contribution in [0.5, 0.6) is 5.75 Å². The number of rotatable bonds is 4. The molecule has 1 aliphatic heterocycles. The van der Waals surface area contributed by atoms with Crippen LogP contribution in [0.15, 0.2) is 24.3 Å². The van der Waals surface area contributed by atoms with Crippen molar-refractivity contribution in [1.29, 1.82) is 5.26 Å². The number of hydrogen-bond acceptors (Lipinski definition) is 4. The highest BCUT2D eigenvalue weighted by Crippen LogP contribution is 2.27. The van der Waals surface area contributed by atoms with Gasteiger partial charge in [0.15, 0.2) is 0 Å². The summed E-state index contributed by atoms with van der Waals surface area (Å²) in [6.45, 7) is 5.95. The fraction of sp³-hybridized carbons (Fsp3) is 0.562. The molecule has 1 aromatic rings. The molecule has 1 saturated heterocycles. The lowest BCUT2D eigenvalue weighted by molar-refractivity contribution is 0.0832. The summed E-state index contributed by atoms with van der Waals surface area (Å²) in [6, 6.07) is 10.5. The lowest BCUT2D eigenvalue weighted by atomic mass is 9.91. The minimum Gasteiger partial charge on any atom is -0.496 e. The number of likely N-dealkylation sites (N-methyl/N-ethyl adjacent to an activating group) is 1. The molecule has 0 radical (unpaired) electrons. The second kappa shape index (κ2) is 6.25. The van der Waals surface area contributed by atoms with E-state index < -0.39 is 5.54 Å². The summed E-state index contributed by atoms with van der Waals surface area (Å²) in [4.78, 5) is 4.59. The predicted octanol–water partition coefficient (Wildman–Crippen LogP) is 1.77. The molecule has 108 valence electrons. The lowest BCUT2D eigenvalue weighted by Gasteiger charge is -2.41. The average Bonchev–Trinajstić information content (AvgIpc) is 2.48. The number of ether oxygens (including phenoxy) is 1. The van der Waals surface area contributed by atoms with Gasteiger partial charge < -0.3 is 9.64 Å². The molecule has 1 unspecified atom stereocenters. The van der Waals surface area contributed by atoms with E-state index in [0.29, 0.717) is 6.42 Å². The van der Waals surface area contributed by atoms with Gasteiger partial charge in [-0.25, -0.2) is 0 Å². The van der Waals surface area contributed by atoms with Crippen LogP contribution in [0.2, 0.25) is 0 Å². The first-order chi connectivity index (χ1) is 9.59. The zero-order valence-electron chi connectivity index (χ0n) is 12.6. The van der Waals surface area contributed by atoms with E-state index in [2.05, 4.69) is 22.9 Å². The first-order valence-electron chi connectivity index (χ1n) is 7.06. The predicted molar refractivity (Wildman–Crippen MR) is 79.8 cm³/mol. The summed E-state index contributed by atoms with van der Waals surface area (Å²) in [5.74, 6) is 0.864. The van der Waals surface area contributed by atoms with E-state index in [1.807, 2.05) is 31.2 Å². The molecule has 2 rings (SSSR count). The van der Waals surface area contributed by atoms with Gasteiger partial charge in [-0.2, -0.15) is 5.26 Å². The first-order valence-corrected chi connectivity index (χ1v) is 7.06. The van der Waals surface area contributed by atoms with Crippen molar-refractivity contribution >= 4 is 0 Å². The summed E-state index contributed by atoms with van der Waals surface area (Å²) in [7, 11) is 3.81. The van der Waals surface area contributed by atoms with E-state index >= 15 is 0 Å². The van der Waals surface area contributed by atoms with Gasteiger partial charge in [0.2, 0.25) is 0 Å². The maximum absolute atomic E-state index is 9.68. The number of piperazine rings is 1. The standard InChI is InChI=1S/C16H23N3O/c1-16(13-17,19-10-8-18(2)9-11-19)12-14-6-4-5-7-15(14)20-3/h4-7H,8-12H2,1-3H3. The zero-order chi connectivity index (χ0) is 14.6. The summed E-state index contributed by atoms with van der Waals surface area (Å²) >= 11 is 0. The Morgan fingerprint density at radius 3 is 2.50 bits per heavy atom. The fourth-order valence-electron chi connectivity index (χ4n) is 2.74. The molecular formula is C16H23N3O. The van der Waals surface area contributed by atoms with Crippen LogP contribution in [0.1, 0.15) is 12.5 Å². The van der Waals surface area contributed by atoms with Crippen molar-refractivity contribution in [2.24, 2.45) is 0 Å². The molecule has 0 saturated carbocycles. The number of nitriles is 1. The summed E-state index contributed by atoms with van der Waals surface area (Å²) in [5.41, 5.74) is 0.619. The minimum atomic E-state index is -0.476. The Balaban J connectivity index is 2.17. The van der Waals surface area contributed by atoms with Gasteiger partial charge in [-0.3, -0.25) is 4.90 Å². The minimum absolute atomic E-state index is 0.476. The zero-order valence-corrected chi connectivity index (χ0v) is 12.6. The van der Waals surface area contributed by atoms with Gasteiger partial charge in [0.25, 0.3) is 0 Å². The van der Waals surface area contributed by atoms with E-state index in [1.165, 1.54) is 0 Å². The van der Waals surface area contributed by atoms with E-state index in [-0.39, 0.29) is 0 Å². The van der Waals surface area contributed by atoms with Gasteiger partial charge >= 0.3 is 0 Å². The Bertz CT molecular complexity index is 489. The number of nitrogens with zero attached hydrogens (tertiary/aromatic N) is 3. The number of hydrogen-bond donors (Lipinski definition) is 0. The lowest BCUT2D eigenvalue weighted by Crippen LogP contribution is -2.55. The Morgan fingerprint density at radius 1 is 1.25 bits per heavy atom. The van der Waals surface area contributed by atoms with E-state index in [0.717, 1.165) is 37.5 Å². The summed E-state index contributed by atoms with van der Waals surface area (Å²) in [6.07, 6.45) is 0.692. The van der Waals surface area contributed by atoms with Crippen molar-refractivity contribution in [3.63, 3.8) is 0 Å². The highest BCUT2D eigenvalue weighted by molar-refractivity contribution is 5.36. The van der Waals surface area contributed by atoms with Gasteiger partial charge in [0, 0.05) is 32.6 Å². The van der Waals surface area contributed by atoms with Crippen LogP contribution in [0, 0.1) is 11.3 Å². The fourth-order valence-corrected chi connectivity index (χ4v) is 2.74. The molecule has 1 fully saturated rings. The van der Waals surface area contributed by atoms with Crippen LogP contribution in [-0.4, -0.2) is 55.7 Å². The molecule has 0 spiro atoms. The molecule has 0 aliphatic carbocycles. The second-order valence-corrected chi connectivity index (χ2v) is 5.66. The van der Waals surface area contributed by atoms with Gasteiger partial charge in [0.05, 0.1) is 13.2 Å². The van der Waals surface area contributed by atoms with Crippen LogP contribution in [0.3, 0.4) is 0 Å². The molecule has 1 atom stereocenters. The largest absolute Gasteiger partial charge is 0.496 e. The van der Waals surface area contributed by atoms with Gasteiger partial charge in [0.1, 0.15) is 11.3 Å². The maximum atomic E-state index is 9.68. The molecule has 0 N–H and O–H groups in total. The van der Waals surface area contributed by atoms with Crippen LogP contribution in [0.25, 0.3) is 0 Å². The van der Waals surface area contributed by atoms with Crippen LogP contribution in [0.4, 0.5) is 0 Å². The maximum Gasteiger partial charge on any atom is 0.122 e. The van der Waals surface area contributed by atoms with Gasteiger partial charge in [-0.1, -0.05) is 18.2 Å². The Kier molecular flexibility index (Phi) is 4.64. The van der Waals surface area contributed by atoms with E-state index in [1.54, 1.807) is 7.11 Å². The van der Waals surface area contributed by atoms with Gasteiger partial charge in [-0.15, -0.1) is 0 Å². The topological polar surface area (TPSA) is 39.5 Å². The van der Waals surface area contributed by atoms with Crippen molar-refractivity contribution in [2.45, 2.75) is 18.9 Å². The van der Waals surface area contributed by atoms with Crippen molar-refractivity contribution < 1.29 is 4.74 Å². The Hall–Kier alpha value is -1.57. The third kappa shape index (κ3) is 3.12. The quantitative estimate of drug-likeness (QED) is 0.838. The number of methoxy groups -OCH3 is 1. The smallest absolute Gasteiger partial charge is 0.122 e. The third-order valence-corrected chi connectivity index (χ3v) is 4.17. The molecule has 20 heavy (non-hydrogen) atoms. The average molecular weight is 273 g/mol. The highest BCUT2D eigenvalue weighted by atomic mass is 16.5. The highest BCUT2D eigenvalue weighted by Gasteiger charge is 2.34. The molecule has 0 bridgehead atoms. The molecule has 1 heterocycles.